The summed E-state index contributed by atoms with van der Waals surface area (Å²) in [5.74, 6) is 1.35. The Morgan fingerprint density at radius 2 is 2.25 bits per heavy atom. The predicted octanol–water partition coefficient (Wildman–Crippen LogP) is 3.19. The van der Waals surface area contributed by atoms with Gasteiger partial charge in [-0.05, 0) is 50.0 Å². The molecule has 1 unspecified atom stereocenters. The van der Waals surface area contributed by atoms with Crippen LogP contribution in [0.25, 0.3) is 0 Å². The Bertz CT molecular complexity index is 551. The van der Waals surface area contributed by atoms with Crippen molar-refractivity contribution in [3.8, 4) is 5.75 Å². The van der Waals surface area contributed by atoms with Gasteiger partial charge in [-0.3, -0.25) is 4.79 Å². The minimum Gasteiger partial charge on any atom is -0.492 e. The van der Waals surface area contributed by atoms with E-state index in [1.54, 1.807) is 7.11 Å². The highest BCUT2D eigenvalue weighted by Gasteiger charge is 2.46. The first-order chi connectivity index (χ1) is 11.7. The number of carbonyl (C=O) groups is 1. The van der Waals surface area contributed by atoms with Crippen LogP contribution in [0.2, 0.25) is 0 Å². The molecule has 6 heteroatoms. The van der Waals surface area contributed by atoms with Crippen molar-refractivity contribution in [3.05, 3.63) is 16.3 Å². The number of piperidine rings is 1. The van der Waals surface area contributed by atoms with Gasteiger partial charge in [0.25, 0.3) is 5.91 Å². The van der Waals surface area contributed by atoms with Crippen molar-refractivity contribution in [2.75, 3.05) is 40.0 Å². The molecule has 0 bridgehead atoms. The van der Waals surface area contributed by atoms with Crippen molar-refractivity contribution in [3.63, 3.8) is 0 Å². The summed E-state index contributed by atoms with van der Waals surface area (Å²) in [4.78, 5) is 15.5. The van der Waals surface area contributed by atoms with Crippen LogP contribution in [0.4, 0.5) is 0 Å². The van der Waals surface area contributed by atoms with Crippen molar-refractivity contribution in [1.82, 2.24) is 4.90 Å². The van der Waals surface area contributed by atoms with E-state index in [1.165, 1.54) is 11.3 Å². The Balaban J connectivity index is 1.62. The van der Waals surface area contributed by atoms with Crippen molar-refractivity contribution < 1.29 is 19.0 Å². The molecule has 3 heterocycles. The van der Waals surface area contributed by atoms with Crippen LogP contribution < -0.4 is 4.74 Å². The molecule has 1 aromatic rings. The summed E-state index contributed by atoms with van der Waals surface area (Å²) in [5.41, 5.74) is -0.0481. The number of hydrogen-bond acceptors (Lipinski definition) is 5. The van der Waals surface area contributed by atoms with E-state index >= 15 is 0 Å². The van der Waals surface area contributed by atoms with E-state index in [0.717, 1.165) is 56.9 Å². The first-order valence-corrected chi connectivity index (χ1v) is 9.70. The number of thiophene rings is 1. The Morgan fingerprint density at radius 1 is 1.46 bits per heavy atom. The van der Waals surface area contributed by atoms with Gasteiger partial charge in [-0.15, -0.1) is 11.3 Å². The molecule has 24 heavy (non-hydrogen) atoms. The van der Waals surface area contributed by atoms with Crippen LogP contribution in [-0.2, 0) is 9.47 Å². The molecule has 1 aromatic heterocycles. The summed E-state index contributed by atoms with van der Waals surface area (Å²) in [7, 11) is 1.75. The first kappa shape index (κ1) is 17.7. The zero-order valence-electron chi connectivity index (χ0n) is 14.6. The summed E-state index contributed by atoms with van der Waals surface area (Å²) >= 11 is 1.46. The SMILES string of the molecule is CCOc1ccsc1C(=O)N1CCC2(CC1)OCCC2CCOC. The molecule has 2 fully saturated rings. The normalized spacial score (nSPS) is 22.9. The van der Waals surface area contributed by atoms with Crippen LogP contribution in [0, 0.1) is 5.92 Å². The van der Waals surface area contributed by atoms with Crippen molar-refractivity contribution in [2.24, 2.45) is 5.92 Å². The van der Waals surface area contributed by atoms with Gasteiger partial charge < -0.3 is 19.1 Å². The number of carbonyl (C=O) groups excluding carboxylic acids is 1. The third-order valence-electron chi connectivity index (χ3n) is 5.29. The molecular weight excluding hydrogens is 326 g/mol. The first-order valence-electron chi connectivity index (χ1n) is 8.82. The van der Waals surface area contributed by atoms with Crippen molar-refractivity contribution in [2.45, 2.75) is 38.2 Å². The fraction of sp³-hybridized carbons (Fsp3) is 0.722. The fourth-order valence-electron chi connectivity index (χ4n) is 3.96. The minimum absolute atomic E-state index is 0.0481. The van der Waals surface area contributed by atoms with Crippen LogP contribution in [0.1, 0.15) is 42.3 Å². The van der Waals surface area contributed by atoms with E-state index in [2.05, 4.69) is 0 Å². The van der Waals surface area contributed by atoms with E-state index in [-0.39, 0.29) is 11.5 Å². The number of likely N-dealkylation sites (tertiary alicyclic amines) is 1. The summed E-state index contributed by atoms with van der Waals surface area (Å²) in [5, 5.41) is 1.92. The summed E-state index contributed by atoms with van der Waals surface area (Å²) < 4.78 is 17.0. The van der Waals surface area contributed by atoms with Crippen molar-refractivity contribution in [1.29, 1.82) is 0 Å². The second-order valence-electron chi connectivity index (χ2n) is 6.52. The molecule has 2 saturated heterocycles. The topological polar surface area (TPSA) is 48.0 Å². The molecule has 0 aromatic carbocycles. The number of amides is 1. The molecule has 1 spiro atoms. The number of methoxy groups -OCH3 is 1. The molecule has 1 amide bonds. The lowest BCUT2D eigenvalue weighted by atomic mass is 9.78. The zero-order valence-corrected chi connectivity index (χ0v) is 15.4. The highest BCUT2D eigenvalue weighted by atomic mass is 32.1. The van der Waals surface area contributed by atoms with Gasteiger partial charge in [0.15, 0.2) is 0 Å². The molecule has 1 atom stereocenters. The smallest absolute Gasteiger partial charge is 0.267 e. The molecule has 2 aliphatic rings. The lowest BCUT2D eigenvalue weighted by molar-refractivity contribution is -0.0661. The Kier molecular flexibility index (Phi) is 5.79. The molecule has 0 N–H and O–H groups in total. The maximum absolute atomic E-state index is 12.8. The van der Waals surface area contributed by atoms with Gasteiger partial charge in [-0.2, -0.15) is 0 Å². The van der Waals surface area contributed by atoms with Crippen molar-refractivity contribution >= 4 is 17.2 Å². The van der Waals surface area contributed by atoms with Crippen LogP contribution in [0.15, 0.2) is 11.4 Å². The van der Waals surface area contributed by atoms with E-state index in [4.69, 9.17) is 14.2 Å². The molecule has 0 radical (unpaired) electrons. The largest absolute Gasteiger partial charge is 0.492 e. The van der Waals surface area contributed by atoms with Gasteiger partial charge in [0, 0.05) is 33.4 Å². The fourth-order valence-corrected chi connectivity index (χ4v) is 4.76. The Labute approximate surface area is 147 Å². The van der Waals surface area contributed by atoms with E-state index in [0.29, 0.717) is 18.3 Å². The maximum atomic E-state index is 12.8. The van der Waals surface area contributed by atoms with Gasteiger partial charge >= 0.3 is 0 Å². The standard InChI is InChI=1S/C18H27NO4S/c1-3-22-15-6-13-24-16(15)17(20)19-9-7-18(8-10-19)14(4-11-21-2)5-12-23-18/h6,13-14H,3-5,7-12H2,1-2H3. The number of rotatable bonds is 6. The number of ether oxygens (including phenoxy) is 3. The molecule has 5 nitrogen and oxygen atoms in total. The third kappa shape index (κ3) is 3.46. The Hall–Kier alpha value is -1.11. The number of nitrogens with zero attached hydrogens (tertiary/aromatic N) is 1. The molecular formula is C18H27NO4S. The molecule has 0 saturated carbocycles. The number of hydrogen-bond donors (Lipinski definition) is 0. The maximum Gasteiger partial charge on any atom is 0.267 e. The second kappa shape index (κ2) is 7.85. The van der Waals surface area contributed by atoms with Crippen LogP contribution in [-0.4, -0.2) is 56.4 Å². The molecule has 3 rings (SSSR count). The third-order valence-corrected chi connectivity index (χ3v) is 6.17. The summed E-state index contributed by atoms with van der Waals surface area (Å²) in [6.07, 6.45) is 3.99. The Morgan fingerprint density at radius 3 is 2.96 bits per heavy atom. The molecule has 134 valence electrons. The summed E-state index contributed by atoms with van der Waals surface area (Å²) in [6, 6.07) is 1.88. The molecule has 0 aliphatic carbocycles. The highest BCUT2D eigenvalue weighted by Crippen LogP contribution is 2.42. The summed E-state index contributed by atoms with van der Waals surface area (Å²) in [6.45, 7) is 5.65. The van der Waals surface area contributed by atoms with E-state index < -0.39 is 0 Å². The zero-order chi connectivity index (χ0) is 17.0. The van der Waals surface area contributed by atoms with Gasteiger partial charge in [-0.1, -0.05) is 0 Å². The van der Waals surface area contributed by atoms with E-state index in [1.807, 2.05) is 23.3 Å². The predicted molar refractivity (Wildman–Crippen MR) is 93.9 cm³/mol. The molecule has 2 aliphatic heterocycles. The van der Waals surface area contributed by atoms with Crippen LogP contribution >= 0.6 is 11.3 Å². The monoisotopic (exact) mass is 353 g/mol. The van der Waals surface area contributed by atoms with Gasteiger partial charge in [0.05, 0.1) is 12.2 Å². The minimum atomic E-state index is -0.0481. The van der Waals surface area contributed by atoms with Gasteiger partial charge in [0.1, 0.15) is 10.6 Å². The van der Waals surface area contributed by atoms with E-state index in [9.17, 15) is 4.79 Å². The average Bonchev–Trinajstić information content (AvgIpc) is 3.21. The lowest BCUT2D eigenvalue weighted by Gasteiger charge is -2.42. The van der Waals surface area contributed by atoms with Gasteiger partial charge in [-0.25, -0.2) is 0 Å². The van der Waals surface area contributed by atoms with Gasteiger partial charge in [0.2, 0.25) is 0 Å². The van der Waals surface area contributed by atoms with Crippen LogP contribution in [0.5, 0.6) is 5.75 Å². The second-order valence-corrected chi connectivity index (χ2v) is 7.44. The van der Waals surface area contributed by atoms with Crippen LogP contribution in [0.3, 0.4) is 0 Å². The average molecular weight is 353 g/mol. The highest BCUT2D eigenvalue weighted by molar-refractivity contribution is 7.12. The lowest BCUT2D eigenvalue weighted by Crippen LogP contribution is -2.49. The quantitative estimate of drug-likeness (QED) is 0.788.